The molecule has 1 heterocycles. The first kappa shape index (κ1) is 44.7. The average molecular weight is 913 g/mol. The molecule has 8 heteroatoms. The van der Waals surface area contributed by atoms with Gasteiger partial charge in [-0.2, -0.15) is 0 Å². The van der Waals surface area contributed by atoms with Gasteiger partial charge in [-0.15, -0.1) is 0 Å². The Labute approximate surface area is 385 Å². The van der Waals surface area contributed by atoms with Gasteiger partial charge in [0.25, 0.3) is 0 Å². The Kier molecular flexibility index (Phi) is 12.6. The van der Waals surface area contributed by atoms with Crippen LogP contribution >= 0.6 is 0 Å². The van der Waals surface area contributed by atoms with E-state index in [1.165, 1.54) is 65.3 Å². The highest BCUT2D eigenvalue weighted by atomic mass is 28.5. The van der Waals surface area contributed by atoms with Gasteiger partial charge >= 0.3 is 34.2 Å². The van der Waals surface area contributed by atoms with E-state index in [-0.39, 0.29) is 23.7 Å². The fraction of sp³-hybridized carbons (Fsp3) is 0.286. The quantitative estimate of drug-likeness (QED) is 0.114. The lowest BCUT2D eigenvalue weighted by atomic mass is 9.96. The van der Waals surface area contributed by atoms with Gasteiger partial charge in [-0.05, 0) is 139 Å². The summed E-state index contributed by atoms with van der Waals surface area (Å²) in [4.78, 5) is 0. The summed E-state index contributed by atoms with van der Waals surface area (Å²) in [7, 11) is -12.3. The van der Waals surface area contributed by atoms with Crippen LogP contribution in [0.1, 0.15) is 73.6 Å². The fourth-order valence-corrected chi connectivity index (χ4v) is 36.4. The van der Waals surface area contributed by atoms with Crippen LogP contribution in [0.4, 0.5) is 0 Å². The van der Waals surface area contributed by atoms with Gasteiger partial charge in [-0.1, -0.05) is 198 Å². The summed E-state index contributed by atoms with van der Waals surface area (Å²) in [5.41, 5.74) is 5.36. The van der Waals surface area contributed by atoms with Gasteiger partial charge in [-0.25, -0.2) is 0 Å². The molecule has 4 unspecified atom stereocenters. The van der Waals surface area contributed by atoms with Crippen molar-refractivity contribution in [3.05, 3.63) is 192 Å². The Morgan fingerprint density at radius 2 is 0.469 bits per heavy atom. The van der Waals surface area contributed by atoms with Crippen molar-refractivity contribution in [2.45, 2.75) is 102 Å². The lowest BCUT2D eigenvalue weighted by Crippen LogP contribution is -2.68. The predicted octanol–water partition coefficient (Wildman–Crippen LogP) is 16.2. The summed E-state index contributed by atoms with van der Waals surface area (Å²) in [6.07, 6.45) is 0. The molecule has 1 fully saturated rings. The van der Waals surface area contributed by atoms with E-state index in [4.69, 9.17) is 16.5 Å². The van der Waals surface area contributed by atoms with Gasteiger partial charge in [0.05, 0.1) is 0 Å². The van der Waals surface area contributed by atoms with E-state index >= 15 is 0 Å². The number of hydrogen-bond donors (Lipinski definition) is 0. The minimum absolute atomic E-state index is 0.194. The van der Waals surface area contributed by atoms with Crippen molar-refractivity contribution in [1.29, 1.82) is 0 Å². The van der Waals surface area contributed by atoms with Crippen molar-refractivity contribution >= 4 is 77.3 Å². The van der Waals surface area contributed by atoms with Gasteiger partial charge < -0.3 is 16.5 Å². The molecule has 9 rings (SSSR count). The molecule has 1 aliphatic heterocycles. The van der Waals surface area contributed by atoms with E-state index in [1.807, 2.05) is 0 Å². The Morgan fingerprint density at radius 3 is 0.688 bits per heavy atom. The minimum Gasteiger partial charge on any atom is -0.416 e. The average Bonchev–Trinajstić information content (AvgIpc) is 3.26. The van der Waals surface area contributed by atoms with Crippen molar-refractivity contribution in [1.82, 2.24) is 0 Å². The highest BCUT2D eigenvalue weighted by Crippen LogP contribution is 2.46. The zero-order valence-corrected chi connectivity index (χ0v) is 42.9. The molecule has 0 aliphatic carbocycles. The zero-order valence-electron chi connectivity index (χ0n) is 38.9. The van der Waals surface area contributed by atoms with Crippen molar-refractivity contribution < 1.29 is 16.5 Å². The van der Waals surface area contributed by atoms with E-state index in [1.54, 1.807) is 0 Å². The molecular weight excluding hydrogens is 849 g/mol. The highest BCUT2D eigenvalue weighted by molar-refractivity contribution is 6.94. The standard InChI is InChI=1S/C56H64O4Si4/c1-41(49-33-17-25-45-21-9-13-29-53(45)49)37-61(5)57-62(6,38-42(2)50-34-18-26-46-22-10-14-30-54(46)50)59-64(8,40-44(4)52-36-20-28-48-24-12-16-32-56(48)52)60-63(7,58-61)39-43(3)51-35-19-27-47-23-11-15-31-55(47)51/h9-36,41-44H,37-40H2,1-8H3. The van der Waals surface area contributed by atoms with Crippen molar-refractivity contribution in [2.75, 3.05) is 0 Å². The summed E-state index contributed by atoms with van der Waals surface area (Å²) in [6.45, 7) is 18.8. The number of benzene rings is 8. The maximum absolute atomic E-state index is 8.00. The molecule has 0 saturated carbocycles. The van der Waals surface area contributed by atoms with E-state index in [0.29, 0.717) is 0 Å². The van der Waals surface area contributed by atoms with Crippen molar-refractivity contribution in [2.24, 2.45) is 0 Å². The van der Waals surface area contributed by atoms with Crippen LogP contribution in [0.3, 0.4) is 0 Å². The van der Waals surface area contributed by atoms with E-state index < -0.39 is 34.2 Å². The van der Waals surface area contributed by atoms with Gasteiger partial charge in [0.1, 0.15) is 0 Å². The van der Waals surface area contributed by atoms with E-state index in [2.05, 4.69) is 224 Å². The summed E-state index contributed by atoms with van der Waals surface area (Å²) in [5.74, 6) is 0.777. The Hall–Kier alpha value is -4.49. The first-order valence-electron chi connectivity index (χ1n) is 23.4. The molecule has 328 valence electrons. The van der Waals surface area contributed by atoms with Crippen LogP contribution in [0, 0.1) is 0 Å². The number of fused-ring (bicyclic) bond motifs is 4. The molecule has 64 heavy (non-hydrogen) atoms. The Morgan fingerprint density at radius 1 is 0.281 bits per heavy atom. The second-order valence-electron chi connectivity index (χ2n) is 19.6. The first-order valence-corrected chi connectivity index (χ1v) is 33.5. The SMILES string of the molecule is CC(C[Si]1(C)O[Si](C)(CC(C)c2cccc3ccccc23)O[Si](C)(CC(C)c2cccc3ccccc23)O[Si](C)(CC(C)c2cccc3ccccc23)O1)c1cccc2ccccc12. The maximum atomic E-state index is 8.00. The molecule has 1 aliphatic rings. The Bertz CT molecular complexity index is 2510. The van der Waals surface area contributed by atoms with E-state index in [0.717, 1.165) is 24.2 Å². The fourth-order valence-electron chi connectivity index (χ4n) is 11.6. The highest BCUT2D eigenvalue weighted by Gasteiger charge is 2.58. The normalized spacial score (nSPS) is 24.9. The third-order valence-corrected chi connectivity index (χ3v) is 33.1. The first-order chi connectivity index (χ1) is 30.7. The molecule has 4 nitrogen and oxygen atoms in total. The van der Waals surface area contributed by atoms with Crippen molar-refractivity contribution in [3.63, 3.8) is 0 Å². The summed E-state index contributed by atoms with van der Waals surface area (Å²) in [6, 6.07) is 65.2. The molecule has 0 bridgehead atoms. The van der Waals surface area contributed by atoms with Gasteiger partial charge in [0.15, 0.2) is 0 Å². The lowest BCUT2D eigenvalue weighted by molar-refractivity contribution is 0.218. The maximum Gasteiger partial charge on any atom is 0.317 e. The lowest BCUT2D eigenvalue weighted by Gasteiger charge is -2.52. The molecule has 8 aromatic rings. The minimum atomic E-state index is -3.07. The molecule has 8 aromatic carbocycles. The van der Waals surface area contributed by atoms with Crippen molar-refractivity contribution in [3.8, 4) is 0 Å². The smallest absolute Gasteiger partial charge is 0.317 e. The van der Waals surface area contributed by atoms with Crippen LogP contribution in [0.15, 0.2) is 170 Å². The van der Waals surface area contributed by atoms with Gasteiger partial charge in [-0.3, -0.25) is 0 Å². The third kappa shape index (κ3) is 9.44. The molecular formula is C56H64O4Si4. The van der Waals surface area contributed by atoms with Crippen LogP contribution in [0.5, 0.6) is 0 Å². The molecule has 0 radical (unpaired) electrons. The largest absolute Gasteiger partial charge is 0.416 e. The van der Waals surface area contributed by atoms with Crippen LogP contribution in [0.25, 0.3) is 43.1 Å². The summed E-state index contributed by atoms with van der Waals surface area (Å²) in [5, 5.41) is 10.2. The predicted molar refractivity (Wildman–Crippen MR) is 279 cm³/mol. The van der Waals surface area contributed by atoms with Crippen LogP contribution < -0.4 is 0 Å². The molecule has 0 amide bonds. The summed E-state index contributed by atoms with van der Waals surface area (Å²) < 4.78 is 32.0. The van der Waals surface area contributed by atoms with Gasteiger partial charge in [0.2, 0.25) is 0 Å². The van der Waals surface area contributed by atoms with Crippen LogP contribution in [-0.2, 0) is 16.5 Å². The molecule has 4 atom stereocenters. The third-order valence-electron chi connectivity index (χ3n) is 13.9. The summed E-state index contributed by atoms with van der Waals surface area (Å²) >= 11 is 0. The molecule has 0 spiro atoms. The number of hydrogen-bond acceptors (Lipinski definition) is 4. The van der Waals surface area contributed by atoms with E-state index in [9.17, 15) is 0 Å². The second-order valence-corrected chi connectivity index (χ2v) is 33.6. The number of rotatable bonds is 12. The Balaban J connectivity index is 1.14. The van der Waals surface area contributed by atoms with Crippen LogP contribution in [0.2, 0.25) is 50.4 Å². The van der Waals surface area contributed by atoms with Gasteiger partial charge in [0, 0.05) is 0 Å². The molecule has 1 saturated heterocycles. The zero-order chi connectivity index (χ0) is 44.7. The second kappa shape index (κ2) is 18.1. The molecule has 0 aromatic heterocycles. The topological polar surface area (TPSA) is 36.9 Å². The molecule has 0 N–H and O–H groups in total. The van der Waals surface area contributed by atoms with Crippen LogP contribution in [-0.4, -0.2) is 34.2 Å². The monoisotopic (exact) mass is 912 g/mol.